The molecule has 2 aromatic rings. The van der Waals surface area contributed by atoms with Crippen LogP contribution in [0.4, 0.5) is 4.79 Å². The maximum atomic E-state index is 12.1. The molecule has 2 N–H and O–H groups in total. The molecule has 0 aliphatic heterocycles. The van der Waals surface area contributed by atoms with E-state index in [1.54, 1.807) is 6.33 Å². The van der Waals surface area contributed by atoms with Crippen LogP contribution < -0.4 is 10.6 Å². The third-order valence-corrected chi connectivity index (χ3v) is 4.07. The number of hydrogen-bond acceptors (Lipinski definition) is 3. The Morgan fingerprint density at radius 3 is 2.50 bits per heavy atom. The van der Waals surface area contributed by atoms with Gasteiger partial charge in [0.15, 0.2) is 5.82 Å². The van der Waals surface area contributed by atoms with Gasteiger partial charge in [-0.15, -0.1) is 10.2 Å². The number of benzene rings is 1. The van der Waals surface area contributed by atoms with Gasteiger partial charge in [-0.25, -0.2) is 4.79 Å². The van der Waals surface area contributed by atoms with E-state index >= 15 is 0 Å². The highest BCUT2D eigenvalue weighted by molar-refractivity contribution is 5.74. The Kier molecular flexibility index (Phi) is 5.59. The number of urea groups is 1. The van der Waals surface area contributed by atoms with Crippen LogP contribution in [-0.2, 0) is 18.5 Å². The molecule has 1 atom stereocenters. The molecular formula is C18H27N5O. The van der Waals surface area contributed by atoms with Crippen LogP contribution in [0.25, 0.3) is 0 Å². The van der Waals surface area contributed by atoms with Crippen molar-refractivity contribution in [1.82, 2.24) is 25.4 Å². The molecule has 0 aliphatic rings. The van der Waals surface area contributed by atoms with Crippen LogP contribution in [0, 0.1) is 0 Å². The molecule has 1 aromatic carbocycles. The number of carbonyl (C=O) groups is 1. The molecule has 1 aromatic heterocycles. The predicted molar refractivity (Wildman–Crippen MR) is 94.6 cm³/mol. The van der Waals surface area contributed by atoms with Gasteiger partial charge in [-0.1, -0.05) is 45.0 Å². The molecular weight excluding hydrogens is 302 g/mol. The zero-order valence-electron chi connectivity index (χ0n) is 15.1. The van der Waals surface area contributed by atoms with Gasteiger partial charge in [0.25, 0.3) is 0 Å². The first-order chi connectivity index (χ1) is 11.3. The lowest BCUT2D eigenvalue weighted by Crippen LogP contribution is -2.37. The number of carbonyl (C=O) groups excluding carboxylic acids is 1. The van der Waals surface area contributed by atoms with Crippen LogP contribution in [0.15, 0.2) is 30.6 Å². The molecule has 6 nitrogen and oxygen atoms in total. The molecule has 24 heavy (non-hydrogen) atoms. The van der Waals surface area contributed by atoms with Gasteiger partial charge in [-0.3, -0.25) is 0 Å². The molecule has 0 spiro atoms. The predicted octanol–water partition coefficient (Wildman–Crippen LogP) is 3.16. The summed E-state index contributed by atoms with van der Waals surface area (Å²) in [5, 5.41) is 13.6. The average molecular weight is 329 g/mol. The van der Waals surface area contributed by atoms with E-state index in [-0.39, 0.29) is 17.5 Å². The van der Waals surface area contributed by atoms with E-state index in [9.17, 15) is 4.79 Å². The molecule has 0 saturated heterocycles. The molecule has 0 saturated carbocycles. The van der Waals surface area contributed by atoms with E-state index in [2.05, 4.69) is 65.9 Å². The monoisotopic (exact) mass is 329 g/mol. The van der Waals surface area contributed by atoms with Gasteiger partial charge in [0.05, 0.1) is 12.6 Å². The molecule has 0 fully saturated rings. The number of aryl methyl sites for hydroxylation is 1. The minimum atomic E-state index is -0.215. The van der Waals surface area contributed by atoms with Gasteiger partial charge >= 0.3 is 6.03 Å². The van der Waals surface area contributed by atoms with Gasteiger partial charge in [0.2, 0.25) is 0 Å². The zero-order chi connectivity index (χ0) is 17.7. The molecule has 2 rings (SSSR count). The summed E-state index contributed by atoms with van der Waals surface area (Å²) in [6.07, 6.45) is 1.66. The third-order valence-electron chi connectivity index (χ3n) is 4.07. The quantitative estimate of drug-likeness (QED) is 0.885. The van der Waals surface area contributed by atoms with Crippen molar-refractivity contribution >= 4 is 6.03 Å². The van der Waals surface area contributed by atoms with E-state index in [1.165, 1.54) is 5.56 Å². The SMILES string of the molecule is CCn1cnnc1CNC(=O)N[C@H](C)c1ccc(C(C)(C)C)cc1. The molecule has 130 valence electrons. The highest BCUT2D eigenvalue weighted by atomic mass is 16.2. The van der Waals surface area contributed by atoms with E-state index in [0.717, 1.165) is 17.9 Å². The van der Waals surface area contributed by atoms with Crippen LogP contribution in [0.5, 0.6) is 0 Å². The van der Waals surface area contributed by atoms with E-state index in [1.807, 2.05) is 18.4 Å². The molecule has 2 amide bonds. The van der Waals surface area contributed by atoms with Crippen LogP contribution in [0.1, 0.15) is 57.6 Å². The standard InChI is InChI=1S/C18H27N5O/c1-6-23-12-20-22-16(23)11-19-17(24)21-13(2)14-7-9-15(10-8-14)18(3,4)5/h7-10,12-13H,6,11H2,1-5H3,(H2,19,21,24)/t13-/m1/s1. The average Bonchev–Trinajstić information content (AvgIpc) is 2.99. The van der Waals surface area contributed by atoms with Gasteiger partial charge in [-0.2, -0.15) is 0 Å². The van der Waals surface area contributed by atoms with Gasteiger partial charge in [0.1, 0.15) is 6.33 Å². The minimum absolute atomic E-state index is 0.0666. The Morgan fingerprint density at radius 1 is 1.25 bits per heavy atom. The fraction of sp³-hybridized carbons (Fsp3) is 0.500. The van der Waals surface area contributed by atoms with Crippen LogP contribution in [0.2, 0.25) is 0 Å². The zero-order valence-corrected chi connectivity index (χ0v) is 15.1. The molecule has 1 heterocycles. The fourth-order valence-corrected chi connectivity index (χ4v) is 2.44. The highest BCUT2D eigenvalue weighted by Crippen LogP contribution is 2.23. The van der Waals surface area contributed by atoms with Crippen LogP contribution in [0.3, 0.4) is 0 Å². The molecule has 6 heteroatoms. The van der Waals surface area contributed by atoms with E-state index < -0.39 is 0 Å². The number of rotatable bonds is 5. The van der Waals surface area contributed by atoms with Crippen molar-refractivity contribution in [3.63, 3.8) is 0 Å². The lowest BCUT2D eigenvalue weighted by molar-refractivity contribution is 0.237. The molecule has 0 unspecified atom stereocenters. The number of hydrogen-bond donors (Lipinski definition) is 2. The molecule has 0 radical (unpaired) electrons. The van der Waals surface area contributed by atoms with Crippen molar-refractivity contribution in [3.05, 3.63) is 47.5 Å². The van der Waals surface area contributed by atoms with Crippen LogP contribution in [-0.4, -0.2) is 20.8 Å². The number of aromatic nitrogens is 3. The minimum Gasteiger partial charge on any atom is -0.332 e. The van der Waals surface area contributed by atoms with Crippen molar-refractivity contribution in [3.8, 4) is 0 Å². The summed E-state index contributed by atoms with van der Waals surface area (Å²) in [4.78, 5) is 12.1. The second-order valence-electron chi connectivity index (χ2n) is 6.95. The highest BCUT2D eigenvalue weighted by Gasteiger charge is 2.15. The topological polar surface area (TPSA) is 71.8 Å². The largest absolute Gasteiger partial charge is 0.332 e. The maximum Gasteiger partial charge on any atom is 0.315 e. The second-order valence-corrected chi connectivity index (χ2v) is 6.95. The Balaban J connectivity index is 1.89. The summed E-state index contributed by atoms with van der Waals surface area (Å²) in [5.74, 6) is 0.745. The van der Waals surface area contributed by atoms with Gasteiger partial charge in [0, 0.05) is 6.54 Å². The second kappa shape index (κ2) is 7.47. The molecule has 0 aliphatic carbocycles. The Labute approximate surface area is 143 Å². The number of amides is 2. The Hall–Kier alpha value is -2.37. The van der Waals surface area contributed by atoms with Crippen LogP contribution >= 0.6 is 0 Å². The summed E-state index contributed by atoms with van der Waals surface area (Å²) in [7, 11) is 0. The smallest absolute Gasteiger partial charge is 0.315 e. The summed E-state index contributed by atoms with van der Waals surface area (Å²) >= 11 is 0. The summed E-state index contributed by atoms with van der Waals surface area (Å²) in [6, 6.07) is 8.10. The first kappa shape index (κ1) is 18.0. The van der Waals surface area contributed by atoms with Gasteiger partial charge in [-0.05, 0) is 30.4 Å². The summed E-state index contributed by atoms with van der Waals surface area (Å²) in [5.41, 5.74) is 2.48. The third kappa shape index (κ3) is 4.57. The van der Waals surface area contributed by atoms with Gasteiger partial charge < -0.3 is 15.2 Å². The molecule has 0 bridgehead atoms. The Morgan fingerprint density at radius 2 is 1.92 bits per heavy atom. The number of nitrogens with one attached hydrogen (secondary N) is 2. The summed E-state index contributed by atoms with van der Waals surface area (Å²) in [6.45, 7) is 11.7. The van der Waals surface area contributed by atoms with Crippen molar-refractivity contribution < 1.29 is 4.79 Å². The first-order valence-electron chi connectivity index (χ1n) is 8.32. The lowest BCUT2D eigenvalue weighted by Gasteiger charge is -2.21. The van der Waals surface area contributed by atoms with E-state index in [0.29, 0.717) is 6.54 Å². The first-order valence-corrected chi connectivity index (χ1v) is 8.32. The van der Waals surface area contributed by atoms with Crippen molar-refractivity contribution in [1.29, 1.82) is 0 Å². The normalized spacial score (nSPS) is 12.7. The van der Waals surface area contributed by atoms with E-state index in [4.69, 9.17) is 0 Å². The number of nitrogens with zero attached hydrogens (tertiary/aromatic N) is 3. The van der Waals surface area contributed by atoms with Crippen molar-refractivity contribution in [2.75, 3.05) is 0 Å². The lowest BCUT2D eigenvalue weighted by atomic mass is 9.86. The maximum absolute atomic E-state index is 12.1. The Bertz CT molecular complexity index is 669. The van der Waals surface area contributed by atoms with Crippen molar-refractivity contribution in [2.24, 2.45) is 0 Å². The fourth-order valence-electron chi connectivity index (χ4n) is 2.44. The summed E-state index contributed by atoms with van der Waals surface area (Å²) < 4.78 is 1.90. The van der Waals surface area contributed by atoms with Crippen molar-refractivity contribution in [2.45, 2.75) is 59.2 Å².